The number of ether oxygens (including phenoxy) is 2. The lowest BCUT2D eigenvalue weighted by Crippen LogP contribution is -2.49. The van der Waals surface area contributed by atoms with E-state index in [0.717, 1.165) is 0 Å². The van der Waals surface area contributed by atoms with Crippen LogP contribution in [0.5, 0.6) is 0 Å². The molecule has 2 atom stereocenters. The van der Waals surface area contributed by atoms with E-state index in [4.69, 9.17) is 9.47 Å². The minimum atomic E-state index is -0.593. The first-order valence-electron chi connectivity index (χ1n) is 7.92. The predicted octanol–water partition coefficient (Wildman–Crippen LogP) is 1.95. The third-order valence-electron chi connectivity index (χ3n) is 3.63. The largest absolute Gasteiger partial charge is 0.376 e. The Balaban J connectivity index is 2.33. The van der Waals surface area contributed by atoms with Crippen LogP contribution in [0.15, 0.2) is 27.9 Å². The van der Waals surface area contributed by atoms with Gasteiger partial charge in [-0.3, -0.25) is 13.9 Å². The molecule has 0 saturated carbocycles. The zero-order valence-corrected chi connectivity index (χ0v) is 14.7. The third kappa shape index (κ3) is 3.82. The second-order valence-corrected chi connectivity index (χ2v) is 7.15. The van der Waals surface area contributed by atoms with Gasteiger partial charge in [0, 0.05) is 17.3 Å². The monoisotopic (exact) mass is 322 g/mol. The Hall–Kier alpha value is -1.66. The van der Waals surface area contributed by atoms with Crippen molar-refractivity contribution in [2.24, 2.45) is 0 Å². The van der Waals surface area contributed by atoms with Gasteiger partial charge < -0.3 is 9.47 Å². The van der Waals surface area contributed by atoms with Gasteiger partial charge in [0.25, 0.3) is 5.56 Å². The van der Waals surface area contributed by atoms with Crippen LogP contribution in [0.2, 0.25) is 0 Å². The van der Waals surface area contributed by atoms with Crippen molar-refractivity contribution in [3.05, 3.63) is 44.8 Å². The fourth-order valence-corrected chi connectivity index (χ4v) is 2.50. The van der Waals surface area contributed by atoms with E-state index in [2.05, 4.69) is 0 Å². The Morgan fingerprint density at radius 1 is 1.26 bits per heavy atom. The first kappa shape index (κ1) is 17.7. The molecule has 0 radical (unpaired) electrons. The van der Waals surface area contributed by atoms with E-state index >= 15 is 0 Å². The smallest absolute Gasteiger partial charge is 0.333 e. The summed E-state index contributed by atoms with van der Waals surface area (Å²) in [7, 11) is 0. The van der Waals surface area contributed by atoms with E-state index < -0.39 is 11.8 Å². The summed E-state index contributed by atoms with van der Waals surface area (Å²) < 4.78 is 14.1. The molecular weight excluding hydrogens is 296 g/mol. The molecule has 128 valence electrons. The average molecular weight is 322 g/mol. The van der Waals surface area contributed by atoms with Crippen LogP contribution in [0, 0.1) is 6.92 Å². The fraction of sp³-hybridized carbons (Fsp3) is 0.647. The lowest BCUT2D eigenvalue weighted by molar-refractivity contribution is -0.0449. The second kappa shape index (κ2) is 6.45. The van der Waals surface area contributed by atoms with Crippen LogP contribution >= 0.6 is 0 Å². The number of hydrogen-bond acceptors (Lipinski definition) is 4. The predicted molar refractivity (Wildman–Crippen MR) is 88.8 cm³/mol. The van der Waals surface area contributed by atoms with Gasteiger partial charge in [-0.15, -0.1) is 0 Å². The maximum Gasteiger partial charge on any atom is 0.333 e. The summed E-state index contributed by atoms with van der Waals surface area (Å²) in [6, 6.07) is 0. The molecule has 0 N–H and O–H groups in total. The van der Waals surface area contributed by atoms with Gasteiger partial charge in [-0.1, -0.05) is 6.08 Å². The van der Waals surface area contributed by atoms with E-state index in [1.54, 1.807) is 13.1 Å². The number of hydrogen-bond donors (Lipinski definition) is 0. The molecule has 6 nitrogen and oxygen atoms in total. The molecular formula is C17H26N2O4. The van der Waals surface area contributed by atoms with Crippen LogP contribution in [-0.2, 0) is 15.0 Å². The first-order valence-corrected chi connectivity index (χ1v) is 7.92. The fourth-order valence-electron chi connectivity index (χ4n) is 2.50. The molecule has 1 aromatic rings. The van der Waals surface area contributed by atoms with Crippen LogP contribution < -0.4 is 11.2 Å². The summed E-state index contributed by atoms with van der Waals surface area (Å²) in [5.41, 5.74) is -0.711. The molecule has 1 aromatic heterocycles. The summed E-state index contributed by atoms with van der Waals surface area (Å²) in [5.74, 6) is 0. The molecule has 0 amide bonds. The Morgan fingerprint density at radius 3 is 2.48 bits per heavy atom. The van der Waals surface area contributed by atoms with Gasteiger partial charge in [-0.05, 0) is 47.6 Å². The first-order chi connectivity index (χ1) is 10.6. The number of aryl methyl sites for hydroxylation is 1. The summed E-state index contributed by atoms with van der Waals surface area (Å²) in [6.45, 7) is 11.6. The van der Waals surface area contributed by atoms with Crippen molar-refractivity contribution >= 4 is 0 Å². The van der Waals surface area contributed by atoms with Gasteiger partial charge in [-0.2, -0.15) is 0 Å². The van der Waals surface area contributed by atoms with E-state index in [1.165, 1.54) is 9.13 Å². The lowest BCUT2D eigenvalue weighted by atomic mass is 10.1. The Bertz CT molecular complexity index is 707. The second-order valence-electron chi connectivity index (χ2n) is 7.15. The quantitative estimate of drug-likeness (QED) is 0.795. The molecule has 2 heterocycles. The molecule has 0 aliphatic carbocycles. The molecule has 0 unspecified atom stereocenters. The van der Waals surface area contributed by atoms with Crippen molar-refractivity contribution in [1.82, 2.24) is 9.13 Å². The molecule has 0 aromatic carbocycles. The standard InChI is InChI=1S/C17H26N2O4/c1-11(2)22-10-13-7-8-14(23-13)18-9-12(3)15(20)19(16(18)21)17(4,5)6/h7-9,11,13-14H,10H2,1-6H3/t13-,14+/m0/s1. The maximum absolute atomic E-state index is 12.7. The highest BCUT2D eigenvalue weighted by atomic mass is 16.6. The van der Waals surface area contributed by atoms with Gasteiger partial charge in [0.1, 0.15) is 6.10 Å². The maximum atomic E-state index is 12.7. The van der Waals surface area contributed by atoms with Crippen LogP contribution in [0.25, 0.3) is 0 Å². The van der Waals surface area contributed by atoms with Gasteiger partial charge in [0.15, 0.2) is 6.23 Å². The van der Waals surface area contributed by atoms with Crippen molar-refractivity contribution in [2.45, 2.75) is 65.5 Å². The van der Waals surface area contributed by atoms with E-state index in [0.29, 0.717) is 12.2 Å². The van der Waals surface area contributed by atoms with Crippen molar-refractivity contribution in [3.8, 4) is 0 Å². The minimum Gasteiger partial charge on any atom is -0.376 e. The van der Waals surface area contributed by atoms with Crippen LogP contribution in [-0.4, -0.2) is 27.9 Å². The van der Waals surface area contributed by atoms with Crippen molar-refractivity contribution < 1.29 is 9.47 Å². The van der Waals surface area contributed by atoms with Gasteiger partial charge in [0.05, 0.1) is 12.7 Å². The van der Waals surface area contributed by atoms with Crippen molar-refractivity contribution in [1.29, 1.82) is 0 Å². The number of aromatic nitrogens is 2. The van der Waals surface area contributed by atoms with Gasteiger partial charge in [0.2, 0.25) is 0 Å². The molecule has 0 spiro atoms. The highest BCUT2D eigenvalue weighted by molar-refractivity contribution is 5.09. The highest BCUT2D eigenvalue weighted by Crippen LogP contribution is 2.20. The Morgan fingerprint density at radius 2 is 1.91 bits per heavy atom. The Kier molecular flexibility index (Phi) is 4.96. The van der Waals surface area contributed by atoms with Crippen molar-refractivity contribution in [3.63, 3.8) is 0 Å². The van der Waals surface area contributed by atoms with Crippen LogP contribution in [0.4, 0.5) is 0 Å². The van der Waals surface area contributed by atoms with E-state index in [9.17, 15) is 9.59 Å². The molecule has 6 heteroatoms. The van der Waals surface area contributed by atoms with E-state index in [1.807, 2.05) is 46.8 Å². The average Bonchev–Trinajstić information content (AvgIpc) is 2.88. The van der Waals surface area contributed by atoms with Crippen molar-refractivity contribution in [2.75, 3.05) is 6.61 Å². The Labute approximate surface area is 136 Å². The number of nitrogens with zero attached hydrogens (tertiary/aromatic N) is 2. The third-order valence-corrected chi connectivity index (χ3v) is 3.63. The molecule has 0 fully saturated rings. The summed E-state index contributed by atoms with van der Waals surface area (Å²) in [4.78, 5) is 25.0. The normalized spacial score (nSPS) is 21.3. The van der Waals surface area contributed by atoms with Gasteiger partial charge >= 0.3 is 5.69 Å². The summed E-state index contributed by atoms with van der Waals surface area (Å²) >= 11 is 0. The molecule has 23 heavy (non-hydrogen) atoms. The summed E-state index contributed by atoms with van der Waals surface area (Å²) in [6.07, 6.45) is 4.70. The molecule has 0 saturated heterocycles. The SMILES string of the molecule is Cc1cn([C@H]2C=C[C@@H](COC(C)C)O2)c(=O)n(C(C)(C)C)c1=O. The molecule has 1 aliphatic rings. The lowest BCUT2D eigenvalue weighted by Gasteiger charge is -2.25. The minimum absolute atomic E-state index is 0.124. The van der Waals surface area contributed by atoms with Gasteiger partial charge in [-0.25, -0.2) is 4.79 Å². The van der Waals surface area contributed by atoms with Crippen LogP contribution in [0.3, 0.4) is 0 Å². The molecule has 2 rings (SSSR count). The highest BCUT2D eigenvalue weighted by Gasteiger charge is 2.26. The topological polar surface area (TPSA) is 62.5 Å². The number of rotatable bonds is 4. The van der Waals surface area contributed by atoms with E-state index in [-0.39, 0.29) is 23.5 Å². The van der Waals surface area contributed by atoms with Crippen LogP contribution in [0.1, 0.15) is 46.4 Å². The molecule has 1 aliphatic heterocycles. The molecule has 0 bridgehead atoms. The zero-order chi connectivity index (χ0) is 17.4. The summed E-state index contributed by atoms with van der Waals surface area (Å²) in [5, 5.41) is 0. The zero-order valence-electron chi connectivity index (χ0n) is 14.7.